The molecule has 2 aromatic rings. The monoisotopic (exact) mass is 382 g/mol. The molecular formula is C21H22N2O5. The van der Waals surface area contributed by atoms with Crippen molar-refractivity contribution in [1.29, 1.82) is 0 Å². The molecule has 1 atom stereocenters. The minimum absolute atomic E-state index is 0.188. The summed E-state index contributed by atoms with van der Waals surface area (Å²) in [5.41, 5.74) is 1.56. The van der Waals surface area contributed by atoms with Crippen LogP contribution in [0.25, 0.3) is 0 Å². The predicted octanol–water partition coefficient (Wildman–Crippen LogP) is 2.12. The van der Waals surface area contributed by atoms with Crippen molar-refractivity contribution < 1.29 is 23.9 Å². The number of carbonyl (C=O) groups is 4. The zero-order chi connectivity index (χ0) is 20.5. The molecule has 7 nitrogen and oxygen atoms in total. The van der Waals surface area contributed by atoms with E-state index >= 15 is 0 Å². The maximum Gasteiger partial charge on any atom is 0.338 e. The number of nitrogens with one attached hydrogen (secondary N) is 2. The van der Waals surface area contributed by atoms with Crippen LogP contribution in [0.4, 0.5) is 5.69 Å². The van der Waals surface area contributed by atoms with Gasteiger partial charge in [-0.2, -0.15) is 0 Å². The smallest absolute Gasteiger partial charge is 0.338 e. The zero-order valence-electron chi connectivity index (χ0n) is 15.7. The quantitative estimate of drug-likeness (QED) is 0.681. The van der Waals surface area contributed by atoms with E-state index in [4.69, 9.17) is 4.74 Å². The summed E-state index contributed by atoms with van der Waals surface area (Å²) in [5, 5.41) is 5.15. The first kappa shape index (κ1) is 20.8. The van der Waals surface area contributed by atoms with Crippen LogP contribution in [-0.2, 0) is 25.5 Å². The summed E-state index contributed by atoms with van der Waals surface area (Å²) >= 11 is 0. The number of hydrogen-bond acceptors (Lipinski definition) is 5. The third-order valence-electron chi connectivity index (χ3n) is 3.86. The second-order valence-corrected chi connectivity index (χ2v) is 6.26. The minimum atomic E-state index is -0.704. The Morgan fingerprint density at radius 1 is 0.964 bits per heavy atom. The van der Waals surface area contributed by atoms with Gasteiger partial charge in [-0.1, -0.05) is 36.4 Å². The van der Waals surface area contributed by atoms with Crippen LogP contribution in [0, 0.1) is 0 Å². The molecule has 0 saturated carbocycles. The highest BCUT2D eigenvalue weighted by molar-refractivity contribution is 5.95. The fourth-order valence-corrected chi connectivity index (χ4v) is 2.52. The highest BCUT2D eigenvalue weighted by Gasteiger charge is 2.19. The molecule has 0 heterocycles. The summed E-state index contributed by atoms with van der Waals surface area (Å²) in [6.45, 7) is 2.24. The van der Waals surface area contributed by atoms with E-state index in [1.54, 1.807) is 12.1 Å². The maximum absolute atomic E-state index is 12.1. The second kappa shape index (κ2) is 10.0. The van der Waals surface area contributed by atoms with Gasteiger partial charge in [-0.15, -0.1) is 0 Å². The molecule has 7 heteroatoms. The Morgan fingerprint density at radius 3 is 2.32 bits per heavy atom. The molecular weight excluding hydrogens is 360 g/mol. The van der Waals surface area contributed by atoms with Crippen molar-refractivity contribution in [2.24, 2.45) is 0 Å². The highest BCUT2D eigenvalue weighted by atomic mass is 16.5. The molecule has 0 aliphatic rings. The number of ketones is 1. The van der Waals surface area contributed by atoms with Gasteiger partial charge in [0.2, 0.25) is 5.91 Å². The van der Waals surface area contributed by atoms with Crippen LogP contribution in [0.2, 0.25) is 0 Å². The van der Waals surface area contributed by atoms with E-state index < -0.39 is 24.5 Å². The van der Waals surface area contributed by atoms with Crippen LogP contribution >= 0.6 is 0 Å². The predicted molar refractivity (Wildman–Crippen MR) is 104 cm³/mol. The average Bonchev–Trinajstić information content (AvgIpc) is 2.66. The van der Waals surface area contributed by atoms with Crippen molar-refractivity contribution in [1.82, 2.24) is 5.32 Å². The first-order valence-corrected chi connectivity index (χ1v) is 8.73. The lowest BCUT2D eigenvalue weighted by molar-refractivity contribution is -0.128. The molecule has 0 radical (unpaired) electrons. The molecule has 0 unspecified atom stereocenters. The van der Waals surface area contributed by atoms with Crippen molar-refractivity contribution in [2.75, 3.05) is 11.9 Å². The van der Waals surface area contributed by atoms with Crippen LogP contribution in [0.15, 0.2) is 54.6 Å². The average molecular weight is 382 g/mol. The molecule has 0 aromatic heterocycles. The van der Waals surface area contributed by atoms with E-state index in [1.807, 2.05) is 30.3 Å². The van der Waals surface area contributed by atoms with Gasteiger partial charge in [-0.05, 0) is 37.1 Å². The summed E-state index contributed by atoms with van der Waals surface area (Å²) in [7, 11) is 0. The fraction of sp³-hybridized carbons (Fsp3) is 0.238. The number of carbonyl (C=O) groups excluding carboxylic acids is 4. The van der Waals surface area contributed by atoms with E-state index in [0.717, 1.165) is 5.56 Å². The first-order valence-electron chi connectivity index (χ1n) is 8.73. The Hall–Kier alpha value is -3.48. The van der Waals surface area contributed by atoms with E-state index in [2.05, 4.69) is 10.6 Å². The zero-order valence-corrected chi connectivity index (χ0v) is 15.7. The molecule has 0 spiro atoms. The van der Waals surface area contributed by atoms with Crippen molar-refractivity contribution >= 4 is 29.3 Å². The van der Waals surface area contributed by atoms with Gasteiger partial charge in [0.25, 0.3) is 5.91 Å². The fourth-order valence-electron chi connectivity index (χ4n) is 2.52. The van der Waals surface area contributed by atoms with Crippen LogP contribution in [0.5, 0.6) is 0 Å². The lowest BCUT2D eigenvalue weighted by atomic mass is 10.0. The van der Waals surface area contributed by atoms with Crippen molar-refractivity contribution in [3.05, 3.63) is 65.7 Å². The van der Waals surface area contributed by atoms with Crippen LogP contribution in [-0.4, -0.2) is 36.2 Å². The van der Waals surface area contributed by atoms with E-state index in [9.17, 15) is 19.2 Å². The Kier molecular flexibility index (Phi) is 7.45. The third kappa shape index (κ3) is 6.68. The highest BCUT2D eigenvalue weighted by Crippen LogP contribution is 2.11. The second-order valence-electron chi connectivity index (χ2n) is 6.26. The molecule has 146 valence electrons. The van der Waals surface area contributed by atoms with Crippen LogP contribution in [0.3, 0.4) is 0 Å². The lowest BCUT2D eigenvalue weighted by Crippen LogP contribution is -2.43. The molecule has 2 amide bonds. The third-order valence-corrected chi connectivity index (χ3v) is 3.86. The Bertz CT molecular complexity index is 864. The molecule has 0 saturated heterocycles. The van der Waals surface area contributed by atoms with Gasteiger partial charge < -0.3 is 15.4 Å². The van der Waals surface area contributed by atoms with Crippen LogP contribution in [0.1, 0.15) is 29.8 Å². The van der Waals surface area contributed by atoms with Gasteiger partial charge in [0.05, 0.1) is 11.6 Å². The van der Waals surface area contributed by atoms with E-state index in [0.29, 0.717) is 12.1 Å². The summed E-state index contributed by atoms with van der Waals surface area (Å²) in [5.74, 6) is -1.72. The van der Waals surface area contributed by atoms with Gasteiger partial charge in [0, 0.05) is 12.6 Å². The number of amides is 2. The standard InChI is InChI=1S/C21H22N2O5/c1-14(24)19(11-16-7-4-3-5-8-16)23-20(26)13-28-21(27)17-9-6-10-18(12-17)22-15(2)25/h3-10,12,19H,11,13H2,1-2H3,(H,22,25)(H,23,26)/t19-/m0/s1. The molecule has 0 aliphatic heterocycles. The molecule has 0 fully saturated rings. The van der Waals surface area contributed by atoms with Gasteiger partial charge in [-0.25, -0.2) is 4.79 Å². The number of benzene rings is 2. The number of esters is 1. The number of anilines is 1. The molecule has 2 aromatic carbocycles. The molecule has 2 rings (SSSR count). The van der Waals surface area contributed by atoms with Gasteiger partial charge in [0.15, 0.2) is 12.4 Å². The maximum atomic E-state index is 12.1. The van der Waals surface area contributed by atoms with Gasteiger partial charge in [0.1, 0.15) is 0 Å². The number of rotatable bonds is 8. The largest absolute Gasteiger partial charge is 0.452 e. The Labute approximate surface area is 163 Å². The van der Waals surface area contributed by atoms with Crippen molar-refractivity contribution in [2.45, 2.75) is 26.3 Å². The summed E-state index contributed by atoms with van der Waals surface area (Å²) in [6, 6.07) is 14.8. The lowest BCUT2D eigenvalue weighted by Gasteiger charge is -2.16. The summed E-state index contributed by atoms with van der Waals surface area (Å²) < 4.78 is 5.01. The van der Waals surface area contributed by atoms with Gasteiger partial charge >= 0.3 is 5.97 Å². The van der Waals surface area contributed by atoms with E-state index in [1.165, 1.54) is 26.0 Å². The van der Waals surface area contributed by atoms with Gasteiger partial charge in [-0.3, -0.25) is 14.4 Å². The molecule has 0 aliphatic carbocycles. The van der Waals surface area contributed by atoms with Crippen LogP contribution < -0.4 is 10.6 Å². The molecule has 28 heavy (non-hydrogen) atoms. The summed E-state index contributed by atoms with van der Waals surface area (Å²) in [6.07, 6.45) is 0.356. The molecule has 2 N–H and O–H groups in total. The Balaban J connectivity index is 1.90. The number of ether oxygens (including phenoxy) is 1. The minimum Gasteiger partial charge on any atom is -0.452 e. The topological polar surface area (TPSA) is 102 Å². The van der Waals surface area contributed by atoms with E-state index in [-0.39, 0.29) is 17.3 Å². The number of hydrogen-bond donors (Lipinski definition) is 2. The number of Topliss-reactive ketones (excluding diaryl/α,β-unsaturated/α-hetero) is 1. The Morgan fingerprint density at radius 2 is 1.68 bits per heavy atom. The first-order chi connectivity index (χ1) is 13.3. The van der Waals surface area contributed by atoms with Crippen molar-refractivity contribution in [3.8, 4) is 0 Å². The molecule has 0 bridgehead atoms. The SMILES string of the molecule is CC(=O)Nc1cccc(C(=O)OCC(=O)N[C@@H](Cc2ccccc2)C(C)=O)c1. The summed E-state index contributed by atoms with van der Waals surface area (Å²) in [4.78, 5) is 47.1. The van der Waals surface area contributed by atoms with Crippen molar-refractivity contribution in [3.63, 3.8) is 0 Å². The normalized spacial score (nSPS) is 11.2.